The van der Waals surface area contributed by atoms with Crippen LogP contribution in [0.1, 0.15) is 18.7 Å². The van der Waals surface area contributed by atoms with Gasteiger partial charge in [-0.1, -0.05) is 41.9 Å². The molecule has 3 aromatic heterocycles. The molecule has 0 unspecified atom stereocenters. The average Bonchev–Trinajstić information content (AvgIpc) is 2.79. The first kappa shape index (κ1) is 19.3. The van der Waals surface area contributed by atoms with Crippen LogP contribution in [0.25, 0.3) is 27.5 Å². The first-order chi connectivity index (χ1) is 15.1. The van der Waals surface area contributed by atoms with Gasteiger partial charge in [0.15, 0.2) is 0 Å². The highest BCUT2D eigenvalue weighted by Crippen LogP contribution is 2.28. The number of rotatable bonds is 4. The van der Waals surface area contributed by atoms with Crippen molar-refractivity contribution in [2.45, 2.75) is 13.0 Å². The molecule has 0 fully saturated rings. The fourth-order valence-electron chi connectivity index (χ4n) is 3.90. The quantitative estimate of drug-likeness (QED) is 0.397. The Balaban J connectivity index is 1.71. The van der Waals surface area contributed by atoms with Crippen molar-refractivity contribution >= 4 is 39.1 Å². The van der Waals surface area contributed by atoms with Gasteiger partial charge in [-0.15, -0.1) is 0 Å². The zero-order valence-electron chi connectivity index (χ0n) is 16.8. The molecule has 0 amide bonds. The van der Waals surface area contributed by atoms with E-state index in [2.05, 4.69) is 15.3 Å². The molecule has 0 radical (unpaired) electrons. The Labute approximate surface area is 184 Å². The second-order valence-corrected chi connectivity index (χ2v) is 7.75. The number of hydrogen-bond acceptors (Lipinski definition) is 4. The molecule has 31 heavy (non-hydrogen) atoms. The summed E-state index contributed by atoms with van der Waals surface area (Å²) in [5.41, 5.74) is 3.93. The third-order valence-corrected chi connectivity index (χ3v) is 5.67. The number of aromatic nitrogens is 3. The van der Waals surface area contributed by atoms with E-state index in [0.29, 0.717) is 10.4 Å². The lowest BCUT2D eigenvalue weighted by atomic mass is 10.1. The predicted octanol–water partition coefficient (Wildman–Crippen LogP) is 5.76. The molecule has 2 aromatic carbocycles. The Morgan fingerprint density at radius 3 is 2.61 bits per heavy atom. The van der Waals surface area contributed by atoms with Gasteiger partial charge in [0.25, 0.3) is 5.56 Å². The molecule has 0 aliphatic carbocycles. The number of nitrogens with one attached hydrogen (secondary N) is 1. The number of benzene rings is 2. The van der Waals surface area contributed by atoms with E-state index in [-0.39, 0.29) is 11.6 Å². The topological polar surface area (TPSA) is 59.8 Å². The fourth-order valence-corrected chi connectivity index (χ4v) is 4.17. The van der Waals surface area contributed by atoms with E-state index in [4.69, 9.17) is 11.6 Å². The van der Waals surface area contributed by atoms with Crippen molar-refractivity contribution in [2.75, 3.05) is 5.32 Å². The molecule has 6 heteroatoms. The zero-order valence-corrected chi connectivity index (χ0v) is 17.5. The standard InChI is InChI=1S/C25H19ClN4O/c1-16(29-21-12-14-27-20-11-6-13-28-24(20)21)22-15-17-7-5-10-19(26)23(17)25(31)30(22)18-8-3-2-4-9-18/h2-16H,1H3,(H,27,29)/t16-/m1/s1. The van der Waals surface area contributed by atoms with Gasteiger partial charge in [0.1, 0.15) is 5.52 Å². The summed E-state index contributed by atoms with van der Waals surface area (Å²) >= 11 is 6.40. The third kappa shape index (κ3) is 3.43. The Morgan fingerprint density at radius 1 is 0.935 bits per heavy atom. The van der Waals surface area contributed by atoms with Crippen molar-refractivity contribution in [1.29, 1.82) is 0 Å². The third-order valence-electron chi connectivity index (χ3n) is 5.35. The van der Waals surface area contributed by atoms with Crippen LogP contribution in [0.2, 0.25) is 5.02 Å². The number of nitrogens with zero attached hydrogens (tertiary/aromatic N) is 3. The molecule has 152 valence electrons. The molecule has 5 rings (SSSR count). The van der Waals surface area contributed by atoms with Crippen LogP contribution < -0.4 is 10.9 Å². The van der Waals surface area contributed by atoms with Gasteiger partial charge in [-0.2, -0.15) is 0 Å². The number of hydrogen-bond donors (Lipinski definition) is 1. The van der Waals surface area contributed by atoms with Gasteiger partial charge in [0, 0.05) is 23.8 Å². The summed E-state index contributed by atoms with van der Waals surface area (Å²) in [6.45, 7) is 2.03. The first-order valence-corrected chi connectivity index (χ1v) is 10.4. The van der Waals surface area contributed by atoms with Crippen molar-refractivity contribution in [1.82, 2.24) is 14.5 Å². The smallest absolute Gasteiger partial charge is 0.264 e. The largest absolute Gasteiger partial charge is 0.375 e. The average molecular weight is 427 g/mol. The molecule has 0 saturated heterocycles. The van der Waals surface area contributed by atoms with Crippen LogP contribution in [-0.4, -0.2) is 14.5 Å². The molecule has 0 aliphatic heterocycles. The second kappa shape index (κ2) is 7.85. The molecular formula is C25H19ClN4O. The van der Waals surface area contributed by atoms with E-state index >= 15 is 0 Å². The Kier molecular flexibility index (Phi) is 4.88. The lowest BCUT2D eigenvalue weighted by Crippen LogP contribution is -2.25. The SMILES string of the molecule is C[C@@H](Nc1ccnc2cccnc12)c1cc2cccc(Cl)c2c(=O)n1-c1ccccc1. The van der Waals surface area contributed by atoms with Gasteiger partial charge in [0.05, 0.1) is 27.7 Å². The minimum atomic E-state index is -0.191. The number of fused-ring (bicyclic) bond motifs is 2. The van der Waals surface area contributed by atoms with E-state index in [9.17, 15) is 4.79 Å². The van der Waals surface area contributed by atoms with Crippen LogP contribution in [0.4, 0.5) is 5.69 Å². The summed E-state index contributed by atoms with van der Waals surface area (Å²) in [7, 11) is 0. The van der Waals surface area contributed by atoms with Crippen LogP contribution in [0.15, 0.2) is 90.0 Å². The van der Waals surface area contributed by atoms with Crippen LogP contribution in [0, 0.1) is 0 Å². The van der Waals surface area contributed by atoms with E-state index < -0.39 is 0 Å². The highest BCUT2D eigenvalue weighted by Gasteiger charge is 2.18. The summed E-state index contributed by atoms with van der Waals surface area (Å²) in [6.07, 6.45) is 3.50. The molecule has 3 heterocycles. The summed E-state index contributed by atoms with van der Waals surface area (Å²) in [5, 5.41) is 5.30. The molecule has 0 bridgehead atoms. The fraction of sp³-hybridized carbons (Fsp3) is 0.0800. The van der Waals surface area contributed by atoms with Crippen molar-refractivity contribution in [3.8, 4) is 5.69 Å². The number of para-hydroxylation sites is 1. The molecule has 1 N–H and O–H groups in total. The zero-order chi connectivity index (χ0) is 21.4. The minimum Gasteiger partial charge on any atom is -0.375 e. The minimum absolute atomic E-state index is 0.143. The maximum Gasteiger partial charge on any atom is 0.264 e. The van der Waals surface area contributed by atoms with Crippen molar-refractivity contribution in [3.05, 3.63) is 106 Å². The molecule has 0 aliphatic rings. The van der Waals surface area contributed by atoms with Crippen LogP contribution in [0.3, 0.4) is 0 Å². The normalized spacial score (nSPS) is 12.2. The van der Waals surface area contributed by atoms with Gasteiger partial charge >= 0.3 is 0 Å². The summed E-state index contributed by atoms with van der Waals surface area (Å²) < 4.78 is 1.72. The molecule has 0 spiro atoms. The highest BCUT2D eigenvalue weighted by atomic mass is 35.5. The van der Waals surface area contributed by atoms with Gasteiger partial charge in [-0.3, -0.25) is 19.3 Å². The molecule has 5 aromatic rings. The van der Waals surface area contributed by atoms with Gasteiger partial charge in [0.2, 0.25) is 0 Å². The van der Waals surface area contributed by atoms with Crippen molar-refractivity contribution in [3.63, 3.8) is 0 Å². The van der Waals surface area contributed by atoms with Crippen molar-refractivity contribution in [2.24, 2.45) is 0 Å². The highest BCUT2D eigenvalue weighted by molar-refractivity contribution is 6.35. The number of halogens is 1. The van der Waals surface area contributed by atoms with Crippen LogP contribution in [-0.2, 0) is 0 Å². The summed E-state index contributed by atoms with van der Waals surface area (Å²) in [5.74, 6) is 0. The summed E-state index contributed by atoms with van der Waals surface area (Å²) in [4.78, 5) is 22.4. The lowest BCUT2D eigenvalue weighted by Gasteiger charge is -2.22. The van der Waals surface area contributed by atoms with Gasteiger partial charge in [-0.25, -0.2) is 0 Å². The first-order valence-electron chi connectivity index (χ1n) is 9.99. The number of pyridine rings is 3. The van der Waals surface area contributed by atoms with E-state index in [0.717, 1.165) is 33.5 Å². The van der Waals surface area contributed by atoms with E-state index in [1.54, 1.807) is 23.0 Å². The van der Waals surface area contributed by atoms with Crippen molar-refractivity contribution < 1.29 is 0 Å². The van der Waals surface area contributed by atoms with Gasteiger partial charge in [-0.05, 0) is 54.8 Å². The number of anilines is 1. The van der Waals surface area contributed by atoms with E-state index in [1.807, 2.05) is 73.7 Å². The molecule has 0 saturated carbocycles. The Morgan fingerprint density at radius 2 is 1.77 bits per heavy atom. The molecular weight excluding hydrogens is 408 g/mol. The maximum atomic E-state index is 13.6. The van der Waals surface area contributed by atoms with E-state index in [1.165, 1.54) is 0 Å². The Hall–Kier alpha value is -3.70. The summed E-state index contributed by atoms with van der Waals surface area (Å²) in [6, 6.07) is 22.6. The monoisotopic (exact) mass is 426 g/mol. The lowest BCUT2D eigenvalue weighted by molar-refractivity contribution is 0.778. The van der Waals surface area contributed by atoms with Crippen LogP contribution in [0.5, 0.6) is 0 Å². The molecule has 1 atom stereocenters. The van der Waals surface area contributed by atoms with Gasteiger partial charge < -0.3 is 5.32 Å². The predicted molar refractivity (Wildman–Crippen MR) is 126 cm³/mol. The molecule has 5 nitrogen and oxygen atoms in total. The maximum absolute atomic E-state index is 13.6. The Bertz CT molecular complexity index is 1460. The second-order valence-electron chi connectivity index (χ2n) is 7.35. The van der Waals surface area contributed by atoms with Crippen LogP contribution >= 0.6 is 11.6 Å².